The molecule has 0 bridgehead atoms. The van der Waals surface area contributed by atoms with Crippen molar-refractivity contribution < 1.29 is 30.3 Å². The summed E-state index contributed by atoms with van der Waals surface area (Å²) < 4.78 is 5.20. The van der Waals surface area contributed by atoms with Crippen molar-refractivity contribution in [1.29, 1.82) is 5.26 Å². The van der Waals surface area contributed by atoms with Gasteiger partial charge in [-0.05, 0) is 20.8 Å². The summed E-state index contributed by atoms with van der Waals surface area (Å²) in [5, 5.41) is 55.2. The third kappa shape index (κ3) is 5.73. The first-order chi connectivity index (χ1) is 8.10. The molecule has 5 N–H and O–H groups in total. The van der Waals surface area contributed by atoms with Gasteiger partial charge >= 0.3 is 0 Å². The number of nitriles is 1. The van der Waals surface area contributed by atoms with Crippen molar-refractivity contribution in [3.05, 3.63) is 0 Å². The number of rotatable bonds is 6. The van der Waals surface area contributed by atoms with E-state index in [-0.39, 0.29) is 6.61 Å². The van der Waals surface area contributed by atoms with Crippen LogP contribution in [-0.2, 0) is 4.74 Å². The summed E-state index contributed by atoms with van der Waals surface area (Å²) in [7, 11) is 0. The second-order valence-electron chi connectivity index (χ2n) is 5.04. The van der Waals surface area contributed by atoms with Crippen LogP contribution in [0.4, 0.5) is 0 Å². The van der Waals surface area contributed by atoms with Crippen LogP contribution in [-0.4, -0.2) is 68.3 Å². The lowest BCUT2D eigenvalue weighted by molar-refractivity contribution is -0.148. The SMILES string of the molecule is CC(C)(C)OCC(O)C(O)C(O)C(O)C(O)C#N. The summed E-state index contributed by atoms with van der Waals surface area (Å²) in [5.74, 6) is 0. The predicted octanol–water partition coefficient (Wildman–Crippen LogP) is -1.87. The van der Waals surface area contributed by atoms with Crippen LogP contribution in [0.15, 0.2) is 0 Å². The third-order valence-corrected chi connectivity index (χ3v) is 2.24. The highest BCUT2D eigenvalue weighted by Gasteiger charge is 2.34. The Morgan fingerprint density at radius 3 is 1.89 bits per heavy atom. The van der Waals surface area contributed by atoms with Crippen LogP contribution in [0, 0.1) is 11.3 Å². The standard InChI is InChI=1S/C11H21NO6/c1-11(2,3)18-5-7(14)9(16)10(17)8(15)6(13)4-12/h6-10,13-17H,5H2,1-3H3. The normalized spacial score (nSPS) is 20.6. The van der Waals surface area contributed by atoms with Crippen molar-refractivity contribution >= 4 is 0 Å². The fourth-order valence-corrected chi connectivity index (χ4v) is 1.13. The maximum absolute atomic E-state index is 9.54. The van der Waals surface area contributed by atoms with Crippen molar-refractivity contribution in [1.82, 2.24) is 0 Å². The van der Waals surface area contributed by atoms with Gasteiger partial charge in [-0.2, -0.15) is 5.26 Å². The van der Waals surface area contributed by atoms with Gasteiger partial charge < -0.3 is 30.3 Å². The monoisotopic (exact) mass is 263 g/mol. The van der Waals surface area contributed by atoms with Crippen LogP contribution in [0.2, 0.25) is 0 Å². The topological polar surface area (TPSA) is 134 Å². The van der Waals surface area contributed by atoms with Gasteiger partial charge in [-0.1, -0.05) is 0 Å². The molecule has 0 aromatic heterocycles. The summed E-state index contributed by atoms with van der Waals surface area (Å²) in [5.41, 5.74) is -0.531. The molecule has 0 aromatic rings. The molecular weight excluding hydrogens is 242 g/mol. The van der Waals surface area contributed by atoms with E-state index >= 15 is 0 Å². The predicted molar refractivity (Wildman–Crippen MR) is 61.4 cm³/mol. The quantitative estimate of drug-likeness (QED) is 0.354. The molecule has 7 heteroatoms. The van der Waals surface area contributed by atoms with E-state index in [1.807, 2.05) is 0 Å². The summed E-state index contributed by atoms with van der Waals surface area (Å²) in [6.45, 7) is 4.99. The Balaban J connectivity index is 4.37. The molecule has 0 saturated heterocycles. The molecule has 5 unspecified atom stereocenters. The zero-order valence-corrected chi connectivity index (χ0v) is 10.7. The first-order valence-corrected chi connectivity index (χ1v) is 5.54. The fraction of sp³-hybridized carbons (Fsp3) is 0.909. The van der Waals surface area contributed by atoms with E-state index < -0.39 is 36.1 Å². The highest BCUT2D eigenvalue weighted by atomic mass is 16.5. The first kappa shape index (κ1) is 17.2. The minimum Gasteiger partial charge on any atom is -0.388 e. The van der Waals surface area contributed by atoms with Crippen molar-refractivity contribution in [2.45, 2.75) is 56.9 Å². The zero-order valence-electron chi connectivity index (χ0n) is 10.7. The molecule has 0 fully saturated rings. The van der Waals surface area contributed by atoms with Gasteiger partial charge in [0.05, 0.1) is 18.3 Å². The van der Waals surface area contributed by atoms with Crippen molar-refractivity contribution in [3.8, 4) is 6.07 Å². The van der Waals surface area contributed by atoms with Crippen molar-refractivity contribution in [3.63, 3.8) is 0 Å². The number of hydrogen-bond acceptors (Lipinski definition) is 7. The molecule has 0 radical (unpaired) electrons. The number of nitrogens with zero attached hydrogens (tertiary/aromatic N) is 1. The van der Waals surface area contributed by atoms with Gasteiger partial charge in [0.1, 0.15) is 24.4 Å². The van der Waals surface area contributed by atoms with Crippen LogP contribution >= 0.6 is 0 Å². The van der Waals surface area contributed by atoms with Gasteiger partial charge in [0.15, 0.2) is 6.10 Å². The molecule has 0 amide bonds. The minimum atomic E-state index is -1.87. The summed E-state index contributed by atoms with van der Waals surface area (Å²) in [6, 6.07) is 1.32. The van der Waals surface area contributed by atoms with E-state index in [1.54, 1.807) is 20.8 Å². The maximum Gasteiger partial charge on any atom is 0.168 e. The number of aliphatic hydroxyl groups is 5. The average Bonchev–Trinajstić information content (AvgIpc) is 2.31. The first-order valence-electron chi connectivity index (χ1n) is 5.54. The lowest BCUT2D eigenvalue weighted by Crippen LogP contribution is -2.50. The Kier molecular flexibility index (Phi) is 6.70. The molecule has 0 aromatic carbocycles. The van der Waals surface area contributed by atoms with E-state index in [0.29, 0.717) is 0 Å². The smallest absolute Gasteiger partial charge is 0.168 e. The Hall–Kier alpha value is -0.750. The van der Waals surface area contributed by atoms with E-state index in [9.17, 15) is 20.4 Å². The Bertz CT molecular complexity index is 284. The third-order valence-electron chi connectivity index (χ3n) is 2.24. The molecule has 106 valence electrons. The summed E-state index contributed by atoms with van der Waals surface area (Å²) in [6.07, 6.45) is -8.73. The van der Waals surface area contributed by atoms with Crippen LogP contribution in [0.3, 0.4) is 0 Å². The Labute approximate surface area is 106 Å². The molecule has 0 spiro atoms. The molecule has 0 aliphatic carbocycles. The zero-order chi connectivity index (χ0) is 14.5. The number of ether oxygens (including phenoxy) is 1. The Morgan fingerprint density at radius 2 is 1.50 bits per heavy atom. The Morgan fingerprint density at radius 1 is 1.00 bits per heavy atom. The molecule has 0 aliphatic rings. The molecule has 18 heavy (non-hydrogen) atoms. The van der Waals surface area contributed by atoms with E-state index in [1.165, 1.54) is 6.07 Å². The second kappa shape index (κ2) is 6.99. The lowest BCUT2D eigenvalue weighted by atomic mass is 10.00. The van der Waals surface area contributed by atoms with Crippen LogP contribution in [0.5, 0.6) is 0 Å². The van der Waals surface area contributed by atoms with E-state index in [4.69, 9.17) is 15.1 Å². The second-order valence-corrected chi connectivity index (χ2v) is 5.04. The molecular formula is C11H21NO6. The summed E-state index contributed by atoms with van der Waals surface area (Å²) in [4.78, 5) is 0. The molecule has 5 atom stereocenters. The van der Waals surface area contributed by atoms with Gasteiger partial charge in [-0.15, -0.1) is 0 Å². The average molecular weight is 263 g/mol. The van der Waals surface area contributed by atoms with Crippen LogP contribution in [0.25, 0.3) is 0 Å². The van der Waals surface area contributed by atoms with Crippen molar-refractivity contribution in [2.75, 3.05) is 6.61 Å². The summed E-state index contributed by atoms with van der Waals surface area (Å²) >= 11 is 0. The van der Waals surface area contributed by atoms with E-state index in [2.05, 4.69) is 0 Å². The van der Waals surface area contributed by atoms with Gasteiger partial charge in [0.25, 0.3) is 0 Å². The fourth-order valence-electron chi connectivity index (χ4n) is 1.13. The minimum absolute atomic E-state index is 0.253. The molecule has 0 heterocycles. The van der Waals surface area contributed by atoms with Gasteiger partial charge in [-0.3, -0.25) is 0 Å². The number of aliphatic hydroxyl groups excluding tert-OH is 5. The van der Waals surface area contributed by atoms with Crippen molar-refractivity contribution in [2.24, 2.45) is 0 Å². The highest BCUT2D eigenvalue weighted by Crippen LogP contribution is 2.12. The highest BCUT2D eigenvalue weighted by molar-refractivity contribution is 4.94. The van der Waals surface area contributed by atoms with Crippen LogP contribution in [0.1, 0.15) is 20.8 Å². The number of hydrogen-bond donors (Lipinski definition) is 5. The van der Waals surface area contributed by atoms with E-state index in [0.717, 1.165) is 0 Å². The largest absolute Gasteiger partial charge is 0.388 e. The lowest BCUT2D eigenvalue weighted by Gasteiger charge is -2.29. The molecule has 0 rings (SSSR count). The maximum atomic E-state index is 9.54. The van der Waals surface area contributed by atoms with Crippen LogP contribution < -0.4 is 0 Å². The van der Waals surface area contributed by atoms with Gasteiger partial charge in [-0.25, -0.2) is 0 Å². The van der Waals surface area contributed by atoms with Gasteiger partial charge in [0.2, 0.25) is 0 Å². The molecule has 0 saturated carbocycles. The van der Waals surface area contributed by atoms with Gasteiger partial charge in [0, 0.05) is 0 Å². The molecule has 7 nitrogen and oxygen atoms in total. The molecule has 0 aliphatic heterocycles.